The highest BCUT2D eigenvalue weighted by atomic mass is 16.5. The minimum absolute atomic E-state index is 0.0425. The monoisotopic (exact) mass is 328 g/mol. The van der Waals surface area contributed by atoms with Crippen molar-refractivity contribution in [3.05, 3.63) is 47.3 Å². The van der Waals surface area contributed by atoms with Gasteiger partial charge >= 0.3 is 5.97 Å². The molecular weight excluding hydrogens is 308 g/mol. The molecule has 126 valence electrons. The number of aromatic amines is 1. The molecule has 0 fully saturated rings. The van der Waals surface area contributed by atoms with Crippen LogP contribution < -0.4 is 0 Å². The number of carbonyl (C=O) groups excluding carboxylic acids is 2. The molecule has 0 unspecified atom stereocenters. The highest BCUT2D eigenvalue weighted by Gasteiger charge is 2.24. The third-order valence-electron chi connectivity index (χ3n) is 3.91. The largest absolute Gasteiger partial charge is 0.466 e. The zero-order valence-corrected chi connectivity index (χ0v) is 13.6. The highest BCUT2D eigenvalue weighted by molar-refractivity contribution is 5.78. The number of H-pyrrole nitrogens is 1. The Hall–Kier alpha value is -2.70. The fourth-order valence-corrected chi connectivity index (χ4v) is 2.77. The first kappa shape index (κ1) is 16.2. The summed E-state index contributed by atoms with van der Waals surface area (Å²) in [5, 5.41) is 0. The van der Waals surface area contributed by atoms with Crippen LogP contribution in [0.3, 0.4) is 0 Å². The van der Waals surface area contributed by atoms with E-state index >= 15 is 0 Å². The summed E-state index contributed by atoms with van der Waals surface area (Å²) < 4.78 is 4.93. The van der Waals surface area contributed by atoms with E-state index in [9.17, 15) is 9.59 Å². The van der Waals surface area contributed by atoms with Gasteiger partial charge < -0.3 is 14.6 Å². The molecule has 2 aromatic heterocycles. The van der Waals surface area contributed by atoms with Gasteiger partial charge in [0.2, 0.25) is 5.91 Å². The molecule has 0 atom stereocenters. The summed E-state index contributed by atoms with van der Waals surface area (Å²) in [5.41, 5.74) is 2.59. The third-order valence-corrected chi connectivity index (χ3v) is 3.91. The smallest absolute Gasteiger partial charge is 0.313 e. The van der Waals surface area contributed by atoms with Crippen LogP contribution in [-0.4, -0.2) is 44.9 Å². The van der Waals surface area contributed by atoms with E-state index in [0.717, 1.165) is 17.1 Å². The maximum Gasteiger partial charge on any atom is 0.313 e. The summed E-state index contributed by atoms with van der Waals surface area (Å²) >= 11 is 0. The lowest BCUT2D eigenvalue weighted by Gasteiger charge is -2.26. The number of fused-ring (bicyclic) bond motifs is 1. The second-order valence-electron chi connectivity index (χ2n) is 5.65. The molecule has 24 heavy (non-hydrogen) atoms. The maximum atomic E-state index is 12.4. The van der Waals surface area contributed by atoms with Gasteiger partial charge in [0.1, 0.15) is 12.2 Å². The number of rotatable bonds is 5. The molecule has 1 aliphatic heterocycles. The van der Waals surface area contributed by atoms with Crippen molar-refractivity contribution in [2.45, 2.75) is 32.7 Å². The number of aromatic nitrogens is 3. The van der Waals surface area contributed by atoms with Crippen LogP contribution in [0, 0.1) is 0 Å². The van der Waals surface area contributed by atoms with Crippen molar-refractivity contribution in [2.24, 2.45) is 0 Å². The van der Waals surface area contributed by atoms with Gasteiger partial charge in [-0.2, -0.15) is 0 Å². The Balaban J connectivity index is 1.62. The van der Waals surface area contributed by atoms with Gasteiger partial charge in [-0.3, -0.25) is 14.6 Å². The SMILES string of the molecule is CCOC(=O)Cc1nc2c([nH]1)CN(C(=O)Cc1ccccn1)CC2. The number of ether oxygens (including phenoxy) is 1. The lowest BCUT2D eigenvalue weighted by molar-refractivity contribution is -0.142. The van der Waals surface area contributed by atoms with Gasteiger partial charge in [0.15, 0.2) is 0 Å². The molecule has 0 aliphatic carbocycles. The van der Waals surface area contributed by atoms with Gasteiger partial charge in [-0.25, -0.2) is 4.98 Å². The van der Waals surface area contributed by atoms with Crippen LogP contribution in [0.1, 0.15) is 29.8 Å². The van der Waals surface area contributed by atoms with E-state index < -0.39 is 0 Å². The molecule has 0 spiro atoms. The molecule has 1 N–H and O–H groups in total. The lowest BCUT2D eigenvalue weighted by Crippen LogP contribution is -2.37. The zero-order valence-electron chi connectivity index (χ0n) is 13.6. The van der Waals surface area contributed by atoms with E-state index in [1.165, 1.54) is 0 Å². The zero-order chi connectivity index (χ0) is 16.9. The topological polar surface area (TPSA) is 88.2 Å². The van der Waals surface area contributed by atoms with Crippen LogP contribution in [0.15, 0.2) is 24.4 Å². The molecule has 1 aliphatic rings. The van der Waals surface area contributed by atoms with Crippen molar-refractivity contribution in [2.75, 3.05) is 13.2 Å². The van der Waals surface area contributed by atoms with Crippen LogP contribution >= 0.6 is 0 Å². The molecule has 1 amide bonds. The number of hydrogen-bond donors (Lipinski definition) is 1. The number of carbonyl (C=O) groups is 2. The van der Waals surface area contributed by atoms with Crippen molar-refractivity contribution in [1.29, 1.82) is 0 Å². The number of hydrogen-bond acceptors (Lipinski definition) is 5. The fourth-order valence-electron chi connectivity index (χ4n) is 2.77. The molecule has 0 aromatic carbocycles. The highest BCUT2D eigenvalue weighted by Crippen LogP contribution is 2.18. The lowest BCUT2D eigenvalue weighted by atomic mass is 10.1. The molecule has 0 radical (unpaired) electrons. The Kier molecular flexibility index (Phi) is 4.88. The Morgan fingerprint density at radius 1 is 1.33 bits per heavy atom. The van der Waals surface area contributed by atoms with E-state index in [2.05, 4.69) is 15.0 Å². The fraction of sp³-hybridized carbons (Fsp3) is 0.412. The third kappa shape index (κ3) is 3.79. The molecule has 7 heteroatoms. The van der Waals surface area contributed by atoms with Crippen LogP contribution in [-0.2, 0) is 40.1 Å². The average Bonchev–Trinajstić information content (AvgIpc) is 2.97. The van der Waals surface area contributed by atoms with Crippen molar-refractivity contribution in [3.63, 3.8) is 0 Å². The van der Waals surface area contributed by atoms with Gasteiger partial charge in [0, 0.05) is 24.9 Å². The first-order valence-electron chi connectivity index (χ1n) is 8.05. The molecule has 0 bridgehead atoms. The maximum absolute atomic E-state index is 12.4. The Morgan fingerprint density at radius 3 is 2.96 bits per heavy atom. The number of nitrogens with zero attached hydrogens (tertiary/aromatic N) is 3. The van der Waals surface area contributed by atoms with E-state index in [0.29, 0.717) is 38.4 Å². The summed E-state index contributed by atoms with van der Waals surface area (Å²) in [6.07, 6.45) is 2.79. The molecule has 2 aromatic rings. The van der Waals surface area contributed by atoms with Crippen molar-refractivity contribution < 1.29 is 14.3 Å². The number of esters is 1. The number of amides is 1. The molecule has 7 nitrogen and oxygen atoms in total. The summed E-state index contributed by atoms with van der Waals surface area (Å²) in [6.45, 7) is 3.24. The van der Waals surface area contributed by atoms with E-state index in [1.54, 1.807) is 18.0 Å². The minimum atomic E-state index is -0.299. The van der Waals surface area contributed by atoms with Gasteiger partial charge in [-0.1, -0.05) is 6.07 Å². The minimum Gasteiger partial charge on any atom is -0.466 e. The quantitative estimate of drug-likeness (QED) is 0.829. The predicted molar refractivity (Wildman–Crippen MR) is 86.0 cm³/mol. The first-order chi connectivity index (χ1) is 11.7. The van der Waals surface area contributed by atoms with Crippen LogP contribution in [0.5, 0.6) is 0 Å². The molecule has 0 saturated carbocycles. The van der Waals surface area contributed by atoms with E-state index in [4.69, 9.17) is 4.74 Å². The molecule has 0 saturated heterocycles. The van der Waals surface area contributed by atoms with E-state index in [-0.39, 0.29) is 18.3 Å². The van der Waals surface area contributed by atoms with E-state index in [1.807, 2.05) is 18.2 Å². The summed E-state index contributed by atoms with van der Waals surface area (Å²) in [5.74, 6) is 0.338. The normalized spacial score (nSPS) is 13.5. The second-order valence-corrected chi connectivity index (χ2v) is 5.65. The summed E-state index contributed by atoms with van der Waals surface area (Å²) in [6, 6.07) is 5.55. The first-order valence-corrected chi connectivity index (χ1v) is 8.05. The standard InChI is InChI=1S/C17H20N4O3/c1-2-24-17(23)10-15-19-13-6-8-21(11-14(13)20-15)16(22)9-12-5-3-4-7-18-12/h3-5,7H,2,6,8-11H2,1H3,(H,19,20). The number of nitrogens with one attached hydrogen (secondary N) is 1. The number of pyridine rings is 1. The Bertz CT molecular complexity index is 727. The van der Waals surface area contributed by atoms with Crippen molar-refractivity contribution >= 4 is 11.9 Å². The molecule has 3 heterocycles. The summed E-state index contributed by atoms with van der Waals surface area (Å²) in [7, 11) is 0. The van der Waals surface area contributed by atoms with Crippen molar-refractivity contribution in [3.8, 4) is 0 Å². The Morgan fingerprint density at radius 2 is 2.21 bits per heavy atom. The summed E-state index contributed by atoms with van der Waals surface area (Å²) in [4.78, 5) is 37.6. The van der Waals surface area contributed by atoms with Crippen molar-refractivity contribution in [1.82, 2.24) is 19.9 Å². The van der Waals surface area contributed by atoms with Crippen LogP contribution in [0.4, 0.5) is 0 Å². The van der Waals surface area contributed by atoms with Gasteiger partial charge in [-0.05, 0) is 19.1 Å². The van der Waals surface area contributed by atoms with Gasteiger partial charge in [-0.15, -0.1) is 0 Å². The molecular formula is C17H20N4O3. The second kappa shape index (κ2) is 7.25. The van der Waals surface area contributed by atoms with Gasteiger partial charge in [0.25, 0.3) is 0 Å². The van der Waals surface area contributed by atoms with Crippen LogP contribution in [0.2, 0.25) is 0 Å². The predicted octanol–water partition coefficient (Wildman–Crippen LogP) is 1.04. The average molecular weight is 328 g/mol. The number of imidazole rings is 1. The van der Waals surface area contributed by atoms with Crippen LogP contribution in [0.25, 0.3) is 0 Å². The Labute approximate surface area is 140 Å². The molecule has 3 rings (SSSR count). The van der Waals surface area contributed by atoms with Gasteiger partial charge in [0.05, 0.1) is 31.0 Å².